The van der Waals surface area contributed by atoms with Gasteiger partial charge in [0, 0.05) is 5.56 Å². The summed E-state index contributed by atoms with van der Waals surface area (Å²) in [5, 5.41) is 20.6. The van der Waals surface area contributed by atoms with Crippen LogP contribution in [0.3, 0.4) is 0 Å². The second-order valence-electron chi connectivity index (χ2n) is 5.58. The molecular formula is C19H11N3O4. The molecule has 0 aliphatic carbocycles. The normalized spacial score (nSPS) is 13.1. The zero-order valence-corrected chi connectivity index (χ0v) is 13.3. The van der Waals surface area contributed by atoms with Crippen LogP contribution in [0.4, 0.5) is 0 Å². The first kappa shape index (κ1) is 15.5. The Kier molecular flexibility index (Phi) is 3.45. The Morgan fingerprint density at radius 2 is 2.08 bits per heavy atom. The van der Waals surface area contributed by atoms with Gasteiger partial charge >= 0.3 is 5.76 Å². The maximum atomic E-state index is 11.2. The molecule has 26 heavy (non-hydrogen) atoms. The van der Waals surface area contributed by atoms with Crippen molar-refractivity contribution in [3.8, 4) is 6.07 Å². The number of benzene rings is 2. The number of hydrogen-bond donors (Lipinski definition) is 2. The molecule has 2 N–H and O–H groups in total. The molecule has 4 aromatic rings. The van der Waals surface area contributed by atoms with Crippen LogP contribution in [-0.4, -0.2) is 15.1 Å². The van der Waals surface area contributed by atoms with Gasteiger partial charge in [0.15, 0.2) is 11.2 Å². The molecule has 2 heterocycles. The van der Waals surface area contributed by atoms with Crippen LogP contribution in [0.1, 0.15) is 5.56 Å². The Bertz CT molecular complexity index is 1400. The highest BCUT2D eigenvalue weighted by atomic mass is 16.4. The molecular weight excluding hydrogens is 334 g/mol. The number of nitrogens with one attached hydrogen (secondary N) is 1. The molecule has 0 atom stereocenters. The third-order valence-electron chi connectivity index (χ3n) is 3.84. The van der Waals surface area contributed by atoms with E-state index in [1.54, 1.807) is 30.3 Å². The second kappa shape index (κ2) is 5.79. The van der Waals surface area contributed by atoms with Crippen LogP contribution in [0.25, 0.3) is 40.6 Å². The van der Waals surface area contributed by atoms with Crippen molar-refractivity contribution < 1.29 is 13.9 Å². The van der Waals surface area contributed by atoms with Gasteiger partial charge in [0.1, 0.15) is 17.3 Å². The molecule has 7 nitrogen and oxygen atoms in total. The summed E-state index contributed by atoms with van der Waals surface area (Å²) < 4.78 is 10.3. The first-order valence-corrected chi connectivity index (χ1v) is 7.57. The topological polar surface area (TPSA) is 116 Å². The fourth-order valence-electron chi connectivity index (χ4n) is 2.65. The van der Waals surface area contributed by atoms with Crippen LogP contribution >= 0.6 is 0 Å². The molecule has 0 spiro atoms. The Labute approximate surface area is 145 Å². The van der Waals surface area contributed by atoms with Crippen molar-refractivity contribution in [3.63, 3.8) is 0 Å². The van der Waals surface area contributed by atoms with Gasteiger partial charge in [-0.1, -0.05) is 6.07 Å². The number of H-pyrrole nitrogens is 1. The molecule has 2 aromatic carbocycles. The van der Waals surface area contributed by atoms with E-state index in [9.17, 15) is 15.2 Å². The number of rotatable bonds is 2. The third kappa shape index (κ3) is 2.65. The number of aromatic amines is 1. The van der Waals surface area contributed by atoms with Crippen molar-refractivity contribution in [1.82, 2.24) is 9.97 Å². The molecule has 0 unspecified atom stereocenters. The molecule has 126 valence electrons. The molecule has 0 aliphatic rings. The minimum atomic E-state index is -0.585. The maximum absolute atomic E-state index is 11.2. The summed E-state index contributed by atoms with van der Waals surface area (Å²) in [4.78, 5) is 17.9. The van der Waals surface area contributed by atoms with E-state index < -0.39 is 5.76 Å². The molecule has 0 bridgehead atoms. The van der Waals surface area contributed by atoms with E-state index in [0.29, 0.717) is 38.5 Å². The minimum Gasteiger partial charge on any atom is -0.506 e. The molecule has 0 aliphatic heterocycles. The molecule has 2 aromatic heterocycles. The van der Waals surface area contributed by atoms with Crippen molar-refractivity contribution in [3.05, 3.63) is 68.8 Å². The predicted octanol–water partition coefficient (Wildman–Crippen LogP) is 1.95. The monoisotopic (exact) mass is 345 g/mol. The quantitative estimate of drug-likeness (QED) is 0.424. The van der Waals surface area contributed by atoms with Crippen LogP contribution in [0, 0.1) is 11.3 Å². The molecule has 7 heteroatoms. The minimum absolute atomic E-state index is 0.0592. The van der Waals surface area contributed by atoms with Crippen molar-refractivity contribution in [1.29, 1.82) is 5.26 Å². The molecule has 0 saturated heterocycles. The van der Waals surface area contributed by atoms with Crippen molar-refractivity contribution in [2.75, 3.05) is 0 Å². The lowest BCUT2D eigenvalue weighted by Crippen LogP contribution is -2.00. The third-order valence-corrected chi connectivity index (χ3v) is 3.84. The van der Waals surface area contributed by atoms with Crippen LogP contribution in [0.2, 0.25) is 0 Å². The number of fused-ring (bicyclic) bond motifs is 2. The van der Waals surface area contributed by atoms with E-state index in [-0.39, 0.29) is 11.3 Å². The molecule has 0 saturated carbocycles. The fraction of sp³-hybridized carbons (Fsp3) is 0. The maximum Gasteiger partial charge on any atom is 0.417 e. The number of aliphatic hydroxyl groups is 1. The van der Waals surface area contributed by atoms with E-state index in [1.165, 1.54) is 12.1 Å². The van der Waals surface area contributed by atoms with Gasteiger partial charge in [0.25, 0.3) is 0 Å². The van der Waals surface area contributed by atoms with E-state index in [0.717, 1.165) is 0 Å². The number of nitriles is 1. The standard InChI is InChI=1S/C19H11N3O4/c1-10-21-14-4-2-11(7-17(14)25-10)6-13(9-20)18(23)12-3-5-16-15(8-12)22-19(24)26-16/h2-8,23H,1H2,(H,22,24)/b11-6+,18-13+. The van der Waals surface area contributed by atoms with Gasteiger partial charge in [-0.15, -0.1) is 0 Å². The smallest absolute Gasteiger partial charge is 0.417 e. The van der Waals surface area contributed by atoms with Crippen LogP contribution in [-0.2, 0) is 0 Å². The molecule has 0 fully saturated rings. The van der Waals surface area contributed by atoms with Gasteiger partial charge in [-0.05, 0) is 48.2 Å². The molecule has 0 radical (unpaired) electrons. The summed E-state index contributed by atoms with van der Waals surface area (Å²) in [5.41, 5.74) is 2.74. The average Bonchev–Trinajstić information content (AvgIpc) is 3.18. The Morgan fingerprint density at radius 1 is 1.23 bits per heavy atom. The van der Waals surface area contributed by atoms with Crippen LogP contribution in [0.15, 0.2) is 55.6 Å². The van der Waals surface area contributed by atoms with E-state index in [4.69, 9.17) is 8.83 Å². The highest BCUT2D eigenvalue weighted by molar-refractivity contribution is 5.82. The van der Waals surface area contributed by atoms with E-state index in [1.807, 2.05) is 6.07 Å². The highest BCUT2D eigenvalue weighted by Gasteiger charge is 2.09. The SMILES string of the molecule is C=c1nc2cc/c(=C\C(C#N)=C(/O)c3ccc4oc(=O)[nH]c4c3)cc2o1. The van der Waals surface area contributed by atoms with Gasteiger partial charge in [-0.2, -0.15) is 5.26 Å². The van der Waals surface area contributed by atoms with Crippen LogP contribution in [0.5, 0.6) is 0 Å². The lowest BCUT2D eigenvalue weighted by Gasteiger charge is -2.01. The van der Waals surface area contributed by atoms with Gasteiger partial charge in [0.2, 0.25) is 5.55 Å². The average molecular weight is 345 g/mol. The van der Waals surface area contributed by atoms with Gasteiger partial charge in [0.05, 0.1) is 11.1 Å². The summed E-state index contributed by atoms with van der Waals surface area (Å²) in [5.74, 6) is -0.801. The number of oxazole rings is 2. The van der Waals surface area contributed by atoms with Crippen molar-refractivity contribution in [2.45, 2.75) is 0 Å². The van der Waals surface area contributed by atoms with Gasteiger partial charge in [-0.3, -0.25) is 4.98 Å². The fourth-order valence-corrected chi connectivity index (χ4v) is 2.65. The second-order valence-corrected chi connectivity index (χ2v) is 5.58. The molecule has 0 amide bonds. The van der Waals surface area contributed by atoms with E-state index >= 15 is 0 Å². The Hall–Kier alpha value is -4.05. The van der Waals surface area contributed by atoms with Crippen LogP contribution < -0.4 is 16.5 Å². The summed E-state index contributed by atoms with van der Waals surface area (Å²) in [6.45, 7) is 3.64. The Morgan fingerprint density at radius 3 is 2.88 bits per heavy atom. The zero-order chi connectivity index (χ0) is 18.3. The number of aromatic nitrogens is 2. The van der Waals surface area contributed by atoms with Crippen molar-refractivity contribution >= 4 is 40.6 Å². The number of hydrogen-bond acceptors (Lipinski definition) is 6. The van der Waals surface area contributed by atoms with E-state index in [2.05, 4.69) is 16.5 Å². The van der Waals surface area contributed by atoms with Crippen molar-refractivity contribution in [2.24, 2.45) is 0 Å². The lowest BCUT2D eigenvalue weighted by molar-refractivity contribution is 0.510. The first-order valence-electron chi connectivity index (χ1n) is 7.57. The first-order chi connectivity index (χ1) is 12.5. The predicted molar refractivity (Wildman–Crippen MR) is 95.2 cm³/mol. The van der Waals surface area contributed by atoms with Gasteiger partial charge in [-0.25, -0.2) is 9.78 Å². The number of allylic oxidation sites excluding steroid dienone is 1. The summed E-state index contributed by atoms with van der Waals surface area (Å²) >= 11 is 0. The highest BCUT2D eigenvalue weighted by Crippen LogP contribution is 2.21. The largest absolute Gasteiger partial charge is 0.506 e. The lowest BCUT2D eigenvalue weighted by atomic mass is 10.1. The summed E-state index contributed by atoms with van der Waals surface area (Å²) in [6.07, 6.45) is 1.53. The number of nitrogens with zero attached hydrogens (tertiary/aromatic N) is 2. The number of aliphatic hydroxyl groups excluding tert-OH is 1. The zero-order valence-electron chi connectivity index (χ0n) is 13.3. The summed E-state index contributed by atoms with van der Waals surface area (Å²) in [7, 11) is 0. The summed E-state index contributed by atoms with van der Waals surface area (Å²) in [6, 6.07) is 11.8. The Balaban J connectivity index is 1.85. The van der Waals surface area contributed by atoms with Gasteiger partial charge < -0.3 is 13.9 Å². The molecule has 4 rings (SSSR count).